The molecule has 0 spiro atoms. The van der Waals surface area contributed by atoms with Crippen LogP contribution in [-0.4, -0.2) is 54.5 Å². The van der Waals surface area contributed by atoms with Crippen LogP contribution in [0.4, 0.5) is 0 Å². The SMILES string of the molecule is C/C=C/CN1C=C(c2ccc(C(=O)N(C)C)c(Cl)c2)C2=CC=[NH+]C2C1=O. The average molecular weight is 371 g/mol. The Bertz CT molecular complexity index is 881. The Morgan fingerprint density at radius 2 is 2.15 bits per heavy atom. The predicted molar refractivity (Wildman–Crippen MR) is 103 cm³/mol. The maximum absolute atomic E-state index is 12.6. The van der Waals surface area contributed by atoms with Gasteiger partial charge >= 0.3 is 0 Å². The van der Waals surface area contributed by atoms with E-state index < -0.39 is 0 Å². The lowest BCUT2D eigenvalue weighted by Gasteiger charge is -2.26. The van der Waals surface area contributed by atoms with Gasteiger partial charge in [-0.2, -0.15) is 0 Å². The van der Waals surface area contributed by atoms with Crippen LogP contribution in [0, 0.1) is 0 Å². The molecule has 0 saturated heterocycles. The van der Waals surface area contributed by atoms with Gasteiger partial charge in [0.25, 0.3) is 17.9 Å². The van der Waals surface area contributed by atoms with E-state index in [9.17, 15) is 9.59 Å². The summed E-state index contributed by atoms with van der Waals surface area (Å²) in [5, 5.41) is 0.395. The minimum atomic E-state index is -0.387. The highest BCUT2D eigenvalue weighted by Gasteiger charge is 2.39. The minimum absolute atomic E-state index is 0.0114. The van der Waals surface area contributed by atoms with Crippen molar-refractivity contribution in [1.29, 1.82) is 0 Å². The van der Waals surface area contributed by atoms with Crippen LogP contribution in [0.1, 0.15) is 22.8 Å². The number of carbonyl (C=O) groups excluding carboxylic acids is 2. The molecule has 134 valence electrons. The van der Waals surface area contributed by atoms with Gasteiger partial charge in [0.1, 0.15) is 0 Å². The van der Waals surface area contributed by atoms with E-state index in [1.165, 1.54) is 4.90 Å². The maximum atomic E-state index is 12.6. The van der Waals surface area contributed by atoms with Crippen molar-refractivity contribution >= 4 is 35.2 Å². The summed E-state index contributed by atoms with van der Waals surface area (Å²) in [4.78, 5) is 31.1. The number of nitrogens with one attached hydrogen (secondary N) is 1. The van der Waals surface area contributed by atoms with E-state index in [1.54, 1.807) is 37.3 Å². The quantitative estimate of drug-likeness (QED) is 0.811. The summed E-state index contributed by atoms with van der Waals surface area (Å²) >= 11 is 6.37. The van der Waals surface area contributed by atoms with E-state index in [2.05, 4.69) is 4.99 Å². The van der Waals surface area contributed by atoms with Crippen LogP contribution in [-0.2, 0) is 4.79 Å². The van der Waals surface area contributed by atoms with Crippen LogP contribution in [0.5, 0.6) is 0 Å². The number of allylic oxidation sites excluding steroid dienone is 2. The summed E-state index contributed by atoms with van der Waals surface area (Å²) in [6, 6.07) is 5.00. The van der Waals surface area contributed by atoms with E-state index >= 15 is 0 Å². The molecule has 1 N–H and O–H groups in total. The Balaban J connectivity index is 2.02. The van der Waals surface area contributed by atoms with Crippen LogP contribution in [0.15, 0.2) is 48.2 Å². The topological polar surface area (TPSA) is 54.6 Å². The molecule has 0 radical (unpaired) electrons. The number of halogens is 1. The number of carbonyl (C=O) groups is 2. The maximum Gasteiger partial charge on any atom is 0.300 e. The third kappa shape index (κ3) is 3.22. The first kappa shape index (κ1) is 18.1. The third-order valence-electron chi connectivity index (χ3n) is 4.42. The number of hydrogen-bond donors (Lipinski definition) is 1. The molecule has 0 aliphatic carbocycles. The zero-order chi connectivity index (χ0) is 18.8. The summed E-state index contributed by atoms with van der Waals surface area (Å²) in [6.07, 6.45) is 9.40. The fraction of sp³-hybridized carbons (Fsp3) is 0.250. The van der Waals surface area contributed by atoms with Crippen molar-refractivity contribution in [3.05, 3.63) is 64.3 Å². The van der Waals surface area contributed by atoms with Crippen molar-refractivity contribution in [1.82, 2.24) is 9.80 Å². The van der Waals surface area contributed by atoms with Gasteiger partial charge in [-0.3, -0.25) is 9.59 Å². The zero-order valence-corrected chi connectivity index (χ0v) is 15.7. The van der Waals surface area contributed by atoms with E-state index in [1.807, 2.05) is 37.4 Å². The van der Waals surface area contributed by atoms with Gasteiger partial charge in [0, 0.05) is 44.1 Å². The number of amides is 2. The smallest absolute Gasteiger partial charge is 0.300 e. The molecule has 6 heteroatoms. The lowest BCUT2D eigenvalue weighted by Crippen LogP contribution is -2.79. The standard InChI is InChI=1S/C20H20ClN3O2/c1-4-5-10-24-12-16(14-8-9-22-18(14)20(24)26)13-6-7-15(17(21)11-13)19(25)23(2)3/h4-9,11-12,18H,10H2,1-3H3/p+1/b5-4+. The number of fused-ring (bicyclic) bond motifs is 1. The lowest BCUT2D eigenvalue weighted by atomic mass is 9.90. The largest absolute Gasteiger partial charge is 0.345 e. The van der Waals surface area contributed by atoms with Crippen LogP contribution in [0.2, 0.25) is 5.02 Å². The van der Waals surface area contributed by atoms with Crippen molar-refractivity contribution in [2.75, 3.05) is 20.6 Å². The Kier molecular flexibility index (Phi) is 5.09. The predicted octanol–water partition coefficient (Wildman–Crippen LogP) is 1.26. The van der Waals surface area contributed by atoms with Gasteiger partial charge in [-0.15, -0.1) is 0 Å². The lowest BCUT2D eigenvalue weighted by molar-refractivity contribution is -0.467. The number of benzene rings is 1. The molecular weight excluding hydrogens is 350 g/mol. The minimum Gasteiger partial charge on any atom is -0.345 e. The van der Waals surface area contributed by atoms with E-state index in [0.29, 0.717) is 17.1 Å². The van der Waals surface area contributed by atoms with Crippen molar-refractivity contribution < 1.29 is 14.6 Å². The summed E-state index contributed by atoms with van der Waals surface area (Å²) in [5.74, 6) is -0.130. The first-order valence-corrected chi connectivity index (χ1v) is 8.76. The average Bonchev–Trinajstić information content (AvgIpc) is 3.10. The number of rotatable bonds is 4. The van der Waals surface area contributed by atoms with Crippen LogP contribution in [0.25, 0.3) is 5.57 Å². The Hall–Kier alpha value is -2.66. The van der Waals surface area contributed by atoms with E-state index in [0.717, 1.165) is 16.7 Å². The Labute approximate surface area is 158 Å². The molecule has 2 aliphatic heterocycles. The van der Waals surface area contributed by atoms with Gasteiger partial charge in [-0.25, -0.2) is 4.99 Å². The van der Waals surface area contributed by atoms with Gasteiger partial charge in [0.2, 0.25) is 0 Å². The van der Waals surface area contributed by atoms with Crippen molar-refractivity contribution in [3.8, 4) is 0 Å². The van der Waals surface area contributed by atoms with Crippen molar-refractivity contribution in [2.45, 2.75) is 13.0 Å². The molecule has 0 aromatic heterocycles. The fourth-order valence-corrected chi connectivity index (χ4v) is 3.29. The van der Waals surface area contributed by atoms with Gasteiger partial charge in [-0.1, -0.05) is 29.8 Å². The summed E-state index contributed by atoms with van der Waals surface area (Å²) in [5.41, 5.74) is 3.16. The molecule has 3 rings (SSSR count). The first-order chi connectivity index (χ1) is 12.4. The second-order valence-corrected chi connectivity index (χ2v) is 6.79. The third-order valence-corrected chi connectivity index (χ3v) is 4.73. The first-order valence-electron chi connectivity index (χ1n) is 8.39. The second kappa shape index (κ2) is 7.30. The van der Waals surface area contributed by atoms with E-state index in [4.69, 9.17) is 11.6 Å². The molecule has 1 aromatic carbocycles. The molecule has 0 saturated carbocycles. The molecule has 2 aliphatic rings. The monoisotopic (exact) mass is 370 g/mol. The fourth-order valence-electron chi connectivity index (χ4n) is 3.03. The molecule has 1 atom stereocenters. The van der Waals surface area contributed by atoms with Crippen LogP contribution >= 0.6 is 11.6 Å². The molecule has 26 heavy (non-hydrogen) atoms. The number of nitrogens with zero attached hydrogens (tertiary/aromatic N) is 2. The van der Waals surface area contributed by atoms with Gasteiger partial charge < -0.3 is 9.80 Å². The van der Waals surface area contributed by atoms with Crippen LogP contribution < -0.4 is 4.99 Å². The highest BCUT2D eigenvalue weighted by Crippen LogP contribution is 2.32. The summed E-state index contributed by atoms with van der Waals surface area (Å²) < 4.78 is 0. The second-order valence-electron chi connectivity index (χ2n) is 6.38. The van der Waals surface area contributed by atoms with Crippen molar-refractivity contribution in [3.63, 3.8) is 0 Å². The molecule has 0 bridgehead atoms. The normalized spacial score (nSPS) is 18.8. The zero-order valence-electron chi connectivity index (χ0n) is 15.0. The Morgan fingerprint density at radius 1 is 1.38 bits per heavy atom. The molecular formula is C20H21ClN3O2+. The van der Waals surface area contributed by atoms with Crippen molar-refractivity contribution in [2.24, 2.45) is 0 Å². The summed E-state index contributed by atoms with van der Waals surface area (Å²) in [6.45, 7) is 2.43. The molecule has 2 heterocycles. The van der Waals surface area contributed by atoms with E-state index in [-0.39, 0.29) is 17.9 Å². The molecule has 0 fully saturated rings. The highest BCUT2D eigenvalue weighted by molar-refractivity contribution is 6.34. The Morgan fingerprint density at radius 3 is 2.81 bits per heavy atom. The van der Waals surface area contributed by atoms with Gasteiger partial charge in [0.15, 0.2) is 6.21 Å². The molecule has 1 aromatic rings. The highest BCUT2D eigenvalue weighted by atomic mass is 35.5. The molecule has 5 nitrogen and oxygen atoms in total. The van der Waals surface area contributed by atoms with Gasteiger partial charge in [0.05, 0.1) is 10.6 Å². The summed E-state index contributed by atoms with van der Waals surface area (Å²) in [7, 11) is 3.38. The van der Waals surface area contributed by atoms with Crippen LogP contribution in [0.3, 0.4) is 0 Å². The van der Waals surface area contributed by atoms with Gasteiger partial charge in [-0.05, 0) is 24.6 Å². The molecule has 1 unspecified atom stereocenters. The number of hydrogen-bond acceptors (Lipinski definition) is 2. The molecule has 2 amide bonds.